The first kappa shape index (κ1) is 13.1. The number of nitrogens with zero attached hydrogens (tertiary/aromatic N) is 2. The van der Waals surface area contributed by atoms with E-state index in [1.165, 1.54) is 0 Å². The first-order valence-corrected chi connectivity index (χ1v) is 6.18. The van der Waals surface area contributed by atoms with E-state index in [9.17, 15) is 0 Å². The molecule has 0 fully saturated rings. The summed E-state index contributed by atoms with van der Waals surface area (Å²) in [5.74, 6) is 0. The molecule has 1 atom stereocenters. The van der Waals surface area contributed by atoms with Crippen LogP contribution in [0.5, 0.6) is 0 Å². The highest BCUT2D eigenvalue weighted by atomic mass is 15.2. The molecule has 1 aromatic rings. The molecule has 0 spiro atoms. The first-order valence-electron chi connectivity index (χ1n) is 6.18. The van der Waals surface area contributed by atoms with Gasteiger partial charge in [0.05, 0.1) is 11.7 Å². The molecule has 0 saturated heterocycles. The SMILES string of the molecule is CCCN(CCC)C(CN)c1ccccn1. The maximum absolute atomic E-state index is 5.88. The molecule has 16 heavy (non-hydrogen) atoms. The highest BCUT2D eigenvalue weighted by Crippen LogP contribution is 2.17. The van der Waals surface area contributed by atoms with Crippen molar-refractivity contribution in [3.63, 3.8) is 0 Å². The van der Waals surface area contributed by atoms with Crippen LogP contribution in [0, 0.1) is 0 Å². The molecule has 0 aromatic carbocycles. The van der Waals surface area contributed by atoms with Crippen LogP contribution in [0.15, 0.2) is 24.4 Å². The molecule has 0 aliphatic carbocycles. The summed E-state index contributed by atoms with van der Waals surface area (Å²) < 4.78 is 0. The van der Waals surface area contributed by atoms with Crippen molar-refractivity contribution in [3.8, 4) is 0 Å². The largest absolute Gasteiger partial charge is 0.329 e. The van der Waals surface area contributed by atoms with Crippen LogP contribution in [0.4, 0.5) is 0 Å². The van der Waals surface area contributed by atoms with E-state index in [0.717, 1.165) is 31.6 Å². The van der Waals surface area contributed by atoms with Crippen molar-refractivity contribution in [2.75, 3.05) is 19.6 Å². The fraction of sp³-hybridized carbons (Fsp3) is 0.615. The second-order valence-electron chi connectivity index (χ2n) is 4.04. The highest BCUT2D eigenvalue weighted by Gasteiger charge is 2.18. The van der Waals surface area contributed by atoms with Gasteiger partial charge in [0, 0.05) is 12.7 Å². The van der Waals surface area contributed by atoms with Gasteiger partial charge >= 0.3 is 0 Å². The Balaban J connectivity index is 2.77. The van der Waals surface area contributed by atoms with Crippen LogP contribution in [0.3, 0.4) is 0 Å². The quantitative estimate of drug-likeness (QED) is 0.767. The Bertz CT molecular complexity index is 268. The molecule has 0 radical (unpaired) electrons. The number of pyridine rings is 1. The van der Waals surface area contributed by atoms with E-state index in [0.29, 0.717) is 6.54 Å². The van der Waals surface area contributed by atoms with Crippen molar-refractivity contribution in [1.82, 2.24) is 9.88 Å². The van der Waals surface area contributed by atoms with Gasteiger partial charge in [-0.05, 0) is 38.1 Å². The highest BCUT2D eigenvalue weighted by molar-refractivity contribution is 5.09. The van der Waals surface area contributed by atoms with E-state index >= 15 is 0 Å². The molecule has 2 N–H and O–H groups in total. The summed E-state index contributed by atoms with van der Waals surface area (Å²) >= 11 is 0. The number of hydrogen-bond acceptors (Lipinski definition) is 3. The van der Waals surface area contributed by atoms with Gasteiger partial charge in [0.15, 0.2) is 0 Å². The van der Waals surface area contributed by atoms with Crippen molar-refractivity contribution in [3.05, 3.63) is 30.1 Å². The molecule has 90 valence electrons. The summed E-state index contributed by atoms with van der Waals surface area (Å²) in [6.07, 6.45) is 4.15. The van der Waals surface area contributed by atoms with Gasteiger partial charge in [-0.2, -0.15) is 0 Å². The summed E-state index contributed by atoms with van der Waals surface area (Å²) in [4.78, 5) is 6.85. The lowest BCUT2D eigenvalue weighted by Crippen LogP contribution is -2.35. The van der Waals surface area contributed by atoms with Crippen LogP contribution < -0.4 is 5.73 Å². The van der Waals surface area contributed by atoms with Crippen LogP contribution in [0.25, 0.3) is 0 Å². The fourth-order valence-corrected chi connectivity index (χ4v) is 2.03. The molecule has 1 unspecified atom stereocenters. The molecule has 0 aliphatic heterocycles. The Hall–Kier alpha value is -0.930. The summed E-state index contributed by atoms with van der Waals surface area (Å²) in [7, 11) is 0. The zero-order valence-corrected chi connectivity index (χ0v) is 10.4. The maximum atomic E-state index is 5.88. The molecule has 1 rings (SSSR count). The lowest BCUT2D eigenvalue weighted by atomic mass is 10.1. The van der Waals surface area contributed by atoms with Gasteiger partial charge in [0.25, 0.3) is 0 Å². The normalized spacial score (nSPS) is 13.0. The molecule has 1 aromatic heterocycles. The third-order valence-corrected chi connectivity index (χ3v) is 2.71. The number of aromatic nitrogens is 1. The van der Waals surface area contributed by atoms with E-state index in [-0.39, 0.29) is 6.04 Å². The molecular formula is C13H23N3. The van der Waals surface area contributed by atoms with Gasteiger partial charge < -0.3 is 5.73 Å². The number of rotatable bonds is 7. The molecule has 0 bridgehead atoms. The second-order valence-corrected chi connectivity index (χ2v) is 4.04. The molecular weight excluding hydrogens is 198 g/mol. The van der Waals surface area contributed by atoms with Crippen molar-refractivity contribution >= 4 is 0 Å². The van der Waals surface area contributed by atoms with Crippen LogP contribution >= 0.6 is 0 Å². The summed E-state index contributed by atoms with van der Waals surface area (Å²) in [6, 6.07) is 6.30. The minimum absolute atomic E-state index is 0.265. The Kier molecular flexibility index (Phi) is 6.04. The van der Waals surface area contributed by atoms with Crippen LogP contribution in [-0.2, 0) is 0 Å². The Morgan fingerprint density at radius 1 is 1.25 bits per heavy atom. The van der Waals surface area contributed by atoms with Crippen molar-refractivity contribution in [2.24, 2.45) is 5.73 Å². The van der Waals surface area contributed by atoms with E-state index in [1.54, 1.807) is 0 Å². The smallest absolute Gasteiger partial charge is 0.0644 e. The standard InChI is InChI=1S/C13H23N3/c1-3-9-16(10-4-2)13(11-14)12-7-5-6-8-15-12/h5-8,13H,3-4,9-11,14H2,1-2H3. The zero-order chi connectivity index (χ0) is 11.8. The molecule has 0 aliphatic rings. The lowest BCUT2D eigenvalue weighted by Gasteiger charge is -2.29. The average molecular weight is 221 g/mol. The van der Waals surface area contributed by atoms with Crippen molar-refractivity contribution in [2.45, 2.75) is 32.7 Å². The monoisotopic (exact) mass is 221 g/mol. The number of nitrogens with two attached hydrogens (primary N) is 1. The van der Waals surface area contributed by atoms with Gasteiger partial charge in [0.2, 0.25) is 0 Å². The maximum Gasteiger partial charge on any atom is 0.0644 e. The van der Waals surface area contributed by atoms with Gasteiger partial charge in [-0.15, -0.1) is 0 Å². The van der Waals surface area contributed by atoms with Gasteiger partial charge in [-0.1, -0.05) is 19.9 Å². The predicted octanol–water partition coefficient (Wildman–Crippen LogP) is 2.20. The molecule has 3 heteroatoms. The minimum atomic E-state index is 0.265. The first-order chi connectivity index (χ1) is 7.83. The Morgan fingerprint density at radius 3 is 2.38 bits per heavy atom. The van der Waals surface area contributed by atoms with Gasteiger partial charge in [0.1, 0.15) is 0 Å². The van der Waals surface area contributed by atoms with Gasteiger partial charge in [-0.25, -0.2) is 0 Å². The summed E-state index contributed by atoms with van der Waals surface area (Å²) in [5.41, 5.74) is 6.97. The average Bonchev–Trinajstić information content (AvgIpc) is 2.32. The van der Waals surface area contributed by atoms with E-state index in [2.05, 4.69) is 29.8 Å². The fourth-order valence-electron chi connectivity index (χ4n) is 2.03. The van der Waals surface area contributed by atoms with E-state index < -0.39 is 0 Å². The number of hydrogen-bond donors (Lipinski definition) is 1. The van der Waals surface area contributed by atoms with E-state index in [1.807, 2.05) is 18.3 Å². The van der Waals surface area contributed by atoms with Gasteiger partial charge in [-0.3, -0.25) is 9.88 Å². The Labute approximate surface area is 98.7 Å². The minimum Gasteiger partial charge on any atom is -0.329 e. The van der Waals surface area contributed by atoms with Crippen LogP contribution in [-0.4, -0.2) is 29.5 Å². The summed E-state index contributed by atoms with van der Waals surface area (Å²) in [6.45, 7) is 7.22. The third-order valence-electron chi connectivity index (χ3n) is 2.71. The zero-order valence-electron chi connectivity index (χ0n) is 10.4. The molecule has 0 saturated carbocycles. The molecule has 0 amide bonds. The van der Waals surface area contributed by atoms with Crippen LogP contribution in [0.1, 0.15) is 38.4 Å². The Morgan fingerprint density at radius 2 is 1.94 bits per heavy atom. The molecule has 1 heterocycles. The topological polar surface area (TPSA) is 42.1 Å². The second kappa shape index (κ2) is 7.36. The van der Waals surface area contributed by atoms with Crippen molar-refractivity contribution in [1.29, 1.82) is 0 Å². The third kappa shape index (κ3) is 3.58. The van der Waals surface area contributed by atoms with E-state index in [4.69, 9.17) is 5.73 Å². The molecule has 3 nitrogen and oxygen atoms in total. The lowest BCUT2D eigenvalue weighted by molar-refractivity contribution is 0.198. The predicted molar refractivity (Wildman–Crippen MR) is 68.2 cm³/mol. The summed E-state index contributed by atoms with van der Waals surface area (Å²) in [5, 5.41) is 0. The van der Waals surface area contributed by atoms with Crippen LogP contribution in [0.2, 0.25) is 0 Å². The van der Waals surface area contributed by atoms with Crippen molar-refractivity contribution < 1.29 is 0 Å².